The van der Waals surface area contributed by atoms with Gasteiger partial charge in [-0.3, -0.25) is 9.36 Å². The van der Waals surface area contributed by atoms with Crippen LogP contribution in [0.1, 0.15) is 48.4 Å². The highest BCUT2D eigenvalue weighted by molar-refractivity contribution is 7.99. The summed E-state index contributed by atoms with van der Waals surface area (Å²) in [5.41, 5.74) is 4.36. The number of hydrogen-bond donors (Lipinski definition) is 1. The van der Waals surface area contributed by atoms with Crippen molar-refractivity contribution >= 4 is 17.7 Å². The van der Waals surface area contributed by atoms with Crippen molar-refractivity contribution in [2.45, 2.75) is 50.7 Å². The minimum absolute atomic E-state index is 0.0548. The molecule has 1 aliphatic carbocycles. The molecule has 7 heteroatoms. The van der Waals surface area contributed by atoms with Gasteiger partial charge in [0.25, 0.3) is 0 Å². The third-order valence-electron chi connectivity index (χ3n) is 6.03. The van der Waals surface area contributed by atoms with Gasteiger partial charge in [0.05, 0.1) is 11.8 Å². The number of benzene rings is 2. The van der Waals surface area contributed by atoms with E-state index < -0.39 is 0 Å². The zero-order chi connectivity index (χ0) is 21.8. The van der Waals surface area contributed by atoms with Crippen LogP contribution in [-0.2, 0) is 4.79 Å². The average Bonchev–Trinajstić information content (AvgIpc) is 3.45. The van der Waals surface area contributed by atoms with E-state index in [4.69, 9.17) is 0 Å². The van der Waals surface area contributed by atoms with Gasteiger partial charge in [0.15, 0.2) is 5.16 Å². The van der Waals surface area contributed by atoms with Crippen molar-refractivity contribution in [1.82, 2.24) is 20.1 Å². The van der Waals surface area contributed by atoms with E-state index in [1.54, 1.807) is 18.5 Å². The molecule has 4 rings (SSSR count). The first-order valence-corrected chi connectivity index (χ1v) is 11.6. The lowest BCUT2D eigenvalue weighted by atomic mass is 9.91. The van der Waals surface area contributed by atoms with Crippen LogP contribution < -0.4 is 5.32 Å². The summed E-state index contributed by atoms with van der Waals surface area (Å²) in [6.07, 6.45) is 6.18. The van der Waals surface area contributed by atoms with E-state index in [0.29, 0.717) is 11.1 Å². The van der Waals surface area contributed by atoms with Crippen LogP contribution in [0.15, 0.2) is 53.9 Å². The monoisotopic (exact) mass is 438 g/mol. The van der Waals surface area contributed by atoms with E-state index in [0.717, 1.165) is 24.1 Å². The van der Waals surface area contributed by atoms with E-state index in [9.17, 15) is 9.18 Å². The summed E-state index contributed by atoms with van der Waals surface area (Å²) in [6, 6.07) is 12.6. The molecule has 162 valence electrons. The molecule has 0 saturated heterocycles. The molecule has 0 unspecified atom stereocenters. The summed E-state index contributed by atoms with van der Waals surface area (Å²) < 4.78 is 15.3. The maximum absolute atomic E-state index is 13.4. The largest absolute Gasteiger partial charge is 0.348 e. The van der Waals surface area contributed by atoms with Crippen molar-refractivity contribution in [3.8, 4) is 5.69 Å². The molecular formula is C24H27FN4OS. The summed E-state index contributed by atoms with van der Waals surface area (Å²) in [7, 11) is 0. The molecule has 1 N–H and O–H groups in total. The van der Waals surface area contributed by atoms with E-state index in [1.165, 1.54) is 47.9 Å². The Morgan fingerprint density at radius 3 is 2.61 bits per heavy atom. The number of rotatable bonds is 7. The predicted octanol–water partition coefficient (Wildman–Crippen LogP) is 5.16. The Morgan fingerprint density at radius 2 is 1.90 bits per heavy atom. The Kier molecular flexibility index (Phi) is 6.70. The van der Waals surface area contributed by atoms with E-state index in [2.05, 4.69) is 41.5 Å². The Hall–Kier alpha value is -2.67. The first kappa shape index (κ1) is 21.6. The van der Waals surface area contributed by atoms with Gasteiger partial charge in [-0.1, -0.05) is 42.8 Å². The topological polar surface area (TPSA) is 59.8 Å². The number of nitrogens with zero attached hydrogens (tertiary/aromatic N) is 3. The lowest BCUT2D eigenvalue weighted by Gasteiger charge is -2.25. The second-order valence-corrected chi connectivity index (χ2v) is 9.12. The molecule has 1 aromatic heterocycles. The first-order valence-electron chi connectivity index (χ1n) is 10.7. The van der Waals surface area contributed by atoms with Crippen molar-refractivity contribution < 1.29 is 9.18 Å². The fourth-order valence-electron chi connectivity index (χ4n) is 4.15. The highest BCUT2D eigenvalue weighted by atomic mass is 32.2. The normalized spacial score (nSPS) is 15.2. The zero-order valence-corrected chi connectivity index (χ0v) is 18.7. The van der Waals surface area contributed by atoms with Gasteiger partial charge in [0, 0.05) is 5.69 Å². The number of hydrogen-bond acceptors (Lipinski definition) is 4. The standard InChI is InChI=1S/C24H27FN4OS/c1-16-7-12-21(13-17(16)2)29-15-26-28-24(29)31-14-22(30)27-23(18-5-3-4-6-18)19-8-10-20(25)11-9-19/h7-13,15,18,23H,3-6,14H2,1-2H3,(H,27,30)/t23-/m0/s1. The van der Waals surface area contributed by atoms with Gasteiger partial charge in [0.1, 0.15) is 12.1 Å². The van der Waals surface area contributed by atoms with Crippen molar-refractivity contribution in [3.63, 3.8) is 0 Å². The van der Waals surface area contributed by atoms with Gasteiger partial charge in [0.2, 0.25) is 5.91 Å². The van der Waals surface area contributed by atoms with Crippen molar-refractivity contribution in [1.29, 1.82) is 0 Å². The molecule has 0 aliphatic heterocycles. The van der Waals surface area contributed by atoms with Gasteiger partial charge in [-0.2, -0.15) is 0 Å². The lowest BCUT2D eigenvalue weighted by molar-refractivity contribution is -0.119. The molecule has 1 saturated carbocycles. The van der Waals surface area contributed by atoms with Crippen LogP contribution in [0.2, 0.25) is 0 Å². The Bertz CT molecular complexity index is 1040. The van der Waals surface area contributed by atoms with Gasteiger partial charge >= 0.3 is 0 Å². The van der Waals surface area contributed by atoms with Gasteiger partial charge in [-0.15, -0.1) is 10.2 Å². The van der Waals surface area contributed by atoms with Gasteiger partial charge in [-0.25, -0.2) is 4.39 Å². The van der Waals surface area contributed by atoms with Crippen LogP contribution in [0.5, 0.6) is 0 Å². The van der Waals surface area contributed by atoms with Crippen LogP contribution in [0.25, 0.3) is 5.69 Å². The van der Waals surface area contributed by atoms with Crippen molar-refractivity contribution in [2.75, 3.05) is 5.75 Å². The number of carbonyl (C=O) groups is 1. The van der Waals surface area contributed by atoms with Crippen LogP contribution in [0.3, 0.4) is 0 Å². The summed E-state index contributed by atoms with van der Waals surface area (Å²) in [4.78, 5) is 12.8. The molecule has 2 aromatic carbocycles. The SMILES string of the molecule is Cc1ccc(-n2cnnc2SCC(=O)N[C@H](c2ccc(F)cc2)C2CCCC2)cc1C. The molecule has 1 amide bonds. The van der Waals surface area contributed by atoms with E-state index in [1.807, 2.05) is 10.6 Å². The molecule has 1 fully saturated rings. The highest BCUT2D eigenvalue weighted by Gasteiger charge is 2.28. The molecule has 0 spiro atoms. The molecule has 1 aliphatic rings. The number of thioether (sulfide) groups is 1. The number of nitrogens with one attached hydrogen (secondary N) is 1. The summed E-state index contributed by atoms with van der Waals surface area (Å²) in [5, 5.41) is 12.1. The fourth-order valence-corrected chi connectivity index (χ4v) is 4.89. The van der Waals surface area contributed by atoms with E-state index in [-0.39, 0.29) is 23.5 Å². The fraction of sp³-hybridized carbons (Fsp3) is 0.375. The van der Waals surface area contributed by atoms with Gasteiger partial charge < -0.3 is 5.32 Å². The van der Waals surface area contributed by atoms with E-state index >= 15 is 0 Å². The highest BCUT2D eigenvalue weighted by Crippen LogP contribution is 2.36. The minimum atomic E-state index is -0.263. The van der Waals surface area contributed by atoms with Crippen molar-refractivity contribution in [2.24, 2.45) is 5.92 Å². The summed E-state index contributed by atoms with van der Waals surface area (Å²) in [6.45, 7) is 4.15. The third-order valence-corrected chi connectivity index (χ3v) is 6.98. The number of amides is 1. The van der Waals surface area contributed by atoms with Crippen LogP contribution >= 0.6 is 11.8 Å². The number of aromatic nitrogens is 3. The number of aryl methyl sites for hydroxylation is 2. The molecule has 1 atom stereocenters. The summed E-state index contributed by atoms with van der Waals surface area (Å²) in [5.74, 6) is 0.314. The Morgan fingerprint density at radius 1 is 1.16 bits per heavy atom. The lowest BCUT2D eigenvalue weighted by Crippen LogP contribution is -2.34. The van der Waals surface area contributed by atoms with Crippen LogP contribution in [0, 0.1) is 25.6 Å². The van der Waals surface area contributed by atoms with Gasteiger partial charge in [-0.05, 0) is 73.6 Å². The average molecular weight is 439 g/mol. The zero-order valence-electron chi connectivity index (χ0n) is 17.8. The molecular weight excluding hydrogens is 411 g/mol. The van der Waals surface area contributed by atoms with Crippen molar-refractivity contribution in [3.05, 3.63) is 71.3 Å². The Balaban J connectivity index is 1.44. The minimum Gasteiger partial charge on any atom is -0.348 e. The van der Waals surface area contributed by atoms with Crippen LogP contribution in [0.4, 0.5) is 4.39 Å². The maximum Gasteiger partial charge on any atom is 0.230 e. The second kappa shape index (κ2) is 9.64. The quantitative estimate of drug-likeness (QED) is 0.518. The smallest absolute Gasteiger partial charge is 0.230 e. The molecule has 0 bridgehead atoms. The number of halogens is 1. The molecule has 5 nitrogen and oxygen atoms in total. The molecule has 3 aromatic rings. The summed E-state index contributed by atoms with van der Waals surface area (Å²) >= 11 is 1.37. The molecule has 0 radical (unpaired) electrons. The third kappa shape index (κ3) is 5.15. The van der Waals surface area contributed by atoms with Crippen LogP contribution in [-0.4, -0.2) is 26.4 Å². The Labute approximate surface area is 186 Å². The first-order chi connectivity index (χ1) is 15.0. The number of carbonyl (C=O) groups excluding carboxylic acids is 1. The molecule has 1 heterocycles. The maximum atomic E-state index is 13.4. The second-order valence-electron chi connectivity index (χ2n) is 8.18. The molecule has 31 heavy (non-hydrogen) atoms. The predicted molar refractivity (Wildman–Crippen MR) is 121 cm³/mol.